The minimum atomic E-state index is -3.86. The fourth-order valence-electron chi connectivity index (χ4n) is 1.83. The van der Waals surface area contributed by atoms with Gasteiger partial charge in [-0.15, -0.1) is 0 Å². The average Bonchev–Trinajstić information content (AvgIpc) is 2.83. The third kappa shape index (κ3) is 4.72. The van der Waals surface area contributed by atoms with Crippen molar-refractivity contribution in [3.8, 4) is 0 Å². The van der Waals surface area contributed by atoms with Crippen LogP contribution in [0, 0.1) is 0 Å². The average molecular weight is 337 g/mol. The number of hydrogen-bond donors (Lipinski definition) is 0. The van der Waals surface area contributed by atoms with E-state index in [1.165, 1.54) is 17.2 Å². The van der Waals surface area contributed by atoms with Crippen LogP contribution in [-0.4, -0.2) is 50.6 Å². The molecule has 0 fully saturated rings. The zero-order valence-electron chi connectivity index (χ0n) is 12.7. The van der Waals surface area contributed by atoms with Gasteiger partial charge in [-0.05, 0) is 26.8 Å². The second-order valence-corrected chi connectivity index (χ2v) is 7.49. The molecule has 0 N–H and O–H groups in total. The number of ether oxygens (including phenoxy) is 1. The Morgan fingerprint density at radius 3 is 2.57 bits per heavy atom. The quantitative estimate of drug-likeness (QED) is 0.565. The Balaban J connectivity index is 3.05. The van der Waals surface area contributed by atoms with Crippen molar-refractivity contribution in [2.24, 2.45) is 0 Å². The van der Waals surface area contributed by atoms with Crippen LogP contribution in [0.4, 0.5) is 0 Å². The van der Waals surface area contributed by atoms with Crippen LogP contribution < -0.4 is 0 Å². The molecular formula is C13H21ClN2O4S. The van der Waals surface area contributed by atoms with E-state index in [0.29, 0.717) is 25.5 Å². The molecule has 0 saturated heterocycles. The molecule has 0 bridgehead atoms. The molecule has 0 radical (unpaired) electrons. The number of rotatable bonds is 7. The van der Waals surface area contributed by atoms with E-state index in [-0.39, 0.29) is 16.8 Å². The molecule has 8 heteroatoms. The molecule has 0 spiro atoms. The summed E-state index contributed by atoms with van der Waals surface area (Å²) in [7, 11) is 3.13. The number of amides is 1. The Bertz CT molecular complexity index is 595. The van der Waals surface area contributed by atoms with Gasteiger partial charge in [0, 0.05) is 43.1 Å². The number of likely N-dealkylation sites (N-methyl/N-ethyl adjacent to an activating group) is 1. The van der Waals surface area contributed by atoms with Gasteiger partial charge in [-0.3, -0.25) is 4.79 Å². The molecule has 1 aromatic heterocycles. The van der Waals surface area contributed by atoms with E-state index >= 15 is 0 Å². The van der Waals surface area contributed by atoms with Crippen LogP contribution in [0.15, 0.2) is 17.2 Å². The summed E-state index contributed by atoms with van der Waals surface area (Å²) < 4.78 is 29.7. The molecule has 0 unspecified atom stereocenters. The molecule has 0 saturated carbocycles. The van der Waals surface area contributed by atoms with Crippen molar-refractivity contribution in [2.75, 3.05) is 26.8 Å². The maximum absolute atomic E-state index is 12.4. The predicted molar refractivity (Wildman–Crippen MR) is 81.3 cm³/mol. The van der Waals surface area contributed by atoms with Gasteiger partial charge in [0.25, 0.3) is 15.0 Å². The second kappa shape index (κ2) is 7.29. The molecule has 0 atom stereocenters. The van der Waals surface area contributed by atoms with Crippen LogP contribution in [0.5, 0.6) is 0 Å². The zero-order valence-corrected chi connectivity index (χ0v) is 14.2. The number of nitrogens with zero attached hydrogens (tertiary/aromatic N) is 2. The van der Waals surface area contributed by atoms with Gasteiger partial charge in [-0.25, -0.2) is 8.42 Å². The first-order valence-corrected chi connectivity index (χ1v) is 8.99. The minimum Gasteiger partial charge on any atom is -0.380 e. The van der Waals surface area contributed by atoms with Gasteiger partial charge in [0.1, 0.15) is 10.6 Å². The van der Waals surface area contributed by atoms with E-state index in [1.807, 2.05) is 20.8 Å². The first-order chi connectivity index (χ1) is 9.68. The molecule has 0 aliphatic carbocycles. The lowest BCUT2D eigenvalue weighted by atomic mass is 10.3. The zero-order chi connectivity index (χ0) is 16.2. The van der Waals surface area contributed by atoms with E-state index in [9.17, 15) is 13.2 Å². The summed E-state index contributed by atoms with van der Waals surface area (Å²) in [6.07, 6.45) is 1.39. The molecule has 0 aromatic carbocycles. The highest BCUT2D eigenvalue weighted by Crippen LogP contribution is 2.22. The highest BCUT2D eigenvalue weighted by molar-refractivity contribution is 8.13. The molecule has 1 aromatic rings. The number of aromatic nitrogens is 1. The Hall–Kier alpha value is -1.05. The van der Waals surface area contributed by atoms with Crippen LogP contribution in [0.3, 0.4) is 0 Å². The number of halogens is 1. The molecule has 0 aliphatic rings. The third-order valence-electron chi connectivity index (χ3n) is 3.00. The molecule has 120 valence electrons. The van der Waals surface area contributed by atoms with Crippen molar-refractivity contribution in [1.82, 2.24) is 9.47 Å². The second-order valence-electron chi connectivity index (χ2n) is 4.92. The van der Waals surface area contributed by atoms with Gasteiger partial charge in [-0.1, -0.05) is 0 Å². The van der Waals surface area contributed by atoms with Crippen molar-refractivity contribution in [1.29, 1.82) is 0 Å². The third-order valence-corrected chi connectivity index (χ3v) is 4.32. The van der Waals surface area contributed by atoms with Crippen molar-refractivity contribution >= 4 is 25.6 Å². The number of carbonyl (C=O) groups excluding carboxylic acids is 1. The van der Waals surface area contributed by atoms with Gasteiger partial charge in [0.05, 0.1) is 6.61 Å². The normalized spacial score (nSPS) is 11.9. The van der Waals surface area contributed by atoms with Gasteiger partial charge in [-0.2, -0.15) is 0 Å². The Morgan fingerprint density at radius 2 is 2.10 bits per heavy atom. The Morgan fingerprint density at radius 1 is 1.48 bits per heavy atom. The van der Waals surface area contributed by atoms with Crippen LogP contribution in [0.2, 0.25) is 0 Å². The monoisotopic (exact) mass is 336 g/mol. The van der Waals surface area contributed by atoms with Crippen LogP contribution in [-0.2, 0) is 13.8 Å². The van der Waals surface area contributed by atoms with E-state index in [1.54, 1.807) is 11.6 Å². The Labute approximate surface area is 130 Å². The van der Waals surface area contributed by atoms with Gasteiger partial charge >= 0.3 is 0 Å². The first-order valence-electron chi connectivity index (χ1n) is 6.68. The topological polar surface area (TPSA) is 68.6 Å². The minimum absolute atomic E-state index is 0.0589. The first kappa shape index (κ1) is 18.0. The molecular weight excluding hydrogens is 316 g/mol. The largest absolute Gasteiger partial charge is 0.380 e. The van der Waals surface area contributed by atoms with E-state index in [2.05, 4.69) is 0 Å². The summed E-state index contributed by atoms with van der Waals surface area (Å²) in [6, 6.07) is 1.25. The standard InChI is InChI=1S/C13H21ClN2O4S/c1-5-20-7-6-15(4)13(17)12-8-11(21(14,18)19)9-16(12)10(2)3/h8-10H,5-7H2,1-4H3. The van der Waals surface area contributed by atoms with Crippen LogP contribution in [0.25, 0.3) is 0 Å². The molecule has 21 heavy (non-hydrogen) atoms. The maximum atomic E-state index is 12.4. The highest BCUT2D eigenvalue weighted by Gasteiger charge is 2.23. The van der Waals surface area contributed by atoms with Gasteiger partial charge in [0.2, 0.25) is 0 Å². The molecule has 6 nitrogen and oxygen atoms in total. The van der Waals surface area contributed by atoms with E-state index < -0.39 is 9.05 Å². The SMILES string of the molecule is CCOCCN(C)C(=O)c1cc(S(=O)(=O)Cl)cn1C(C)C. The molecule has 1 heterocycles. The van der Waals surface area contributed by atoms with E-state index in [4.69, 9.17) is 15.4 Å². The molecule has 0 aliphatic heterocycles. The van der Waals surface area contributed by atoms with Crippen molar-refractivity contribution < 1.29 is 17.9 Å². The van der Waals surface area contributed by atoms with Crippen molar-refractivity contribution in [2.45, 2.75) is 31.7 Å². The fraction of sp³-hybridized carbons (Fsp3) is 0.615. The van der Waals surface area contributed by atoms with Crippen molar-refractivity contribution in [3.05, 3.63) is 18.0 Å². The predicted octanol–water partition coefficient (Wildman–Crippen LogP) is 2.11. The summed E-state index contributed by atoms with van der Waals surface area (Å²) in [5.41, 5.74) is 0.295. The van der Waals surface area contributed by atoms with Crippen molar-refractivity contribution in [3.63, 3.8) is 0 Å². The number of hydrogen-bond acceptors (Lipinski definition) is 4. The smallest absolute Gasteiger partial charge is 0.270 e. The summed E-state index contributed by atoms with van der Waals surface area (Å²) in [5, 5.41) is 0. The lowest BCUT2D eigenvalue weighted by Gasteiger charge is -2.19. The lowest BCUT2D eigenvalue weighted by Crippen LogP contribution is -2.32. The van der Waals surface area contributed by atoms with Gasteiger partial charge < -0.3 is 14.2 Å². The van der Waals surface area contributed by atoms with Crippen LogP contribution in [0.1, 0.15) is 37.3 Å². The summed E-state index contributed by atoms with van der Waals surface area (Å²) in [6.45, 7) is 7.05. The maximum Gasteiger partial charge on any atom is 0.270 e. The summed E-state index contributed by atoms with van der Waals surface area (Å²) in [5.74, 6) is -0.269. The lowest BCUT2D eigenvalue weighted by molar-refractivity contribution is 0.0698. The van der Waals surface area contributed by atoms with E-state index in [0.717, 1.165) is 0 Å². The molecule has 1 amide bonds. The van der Waals surface area contributed by atoms with Gasteiger partial charge in [0.15, 0.2) is 0 Å². The summed E-state index contributed by atoms with van der Waals surface area (Å²) >= 11 is 0. The Kier molecular flexibility index (Phi) is 6.24. The summed E-state index contributed by atoms with van der Waals surface area (Å²) in [4.78, 5) is 13.8. The van der Waals surface area contributed by atoms with Crippen LogP contribution >= 0.6 is 10.7 Å². The fourth-order valence-corrected chi connectivity index (χ4v) is 2.57. The molecule has 1 rings (SSSR count). The number of carbonyl (C=O) groups is 1. The highest BCUT2D eigenvalue weighted by atomic mass is 35.7.